The van der Waals surface area contributed by atoms with Crippen LogP contribution in [0.5, 0.6) is 0 Å². The third kappa shape index (κ3) is 3.53. The summed E-state index contributed by atoms with van der Waals surface area (Å²) >= 11 is 0. The molecule has 4 heterocycles. The third-order valence-electron chi connectivity index (χ3n) is 6.61. The van der Waals surface area contributed by atoms with Gasteiger partial charge in [-0.3, -0.25) is 14.5 Å². The number of nitriles is 1. The second-order valence-corrected chi connectivity index (χ2v) is 8.76. The zero-order valence-electron chi connectivity index (χ0n) is 18.4. The largest absolute Gasteiger partial charge is 0.350 e. The normalized spacial score (nSPS) is 17.5. The van der Waals surface area contributed by atoms with E-state index in [0.717, 1.165) is 29.4 Å². The molecule has 9 heteroatoms. The number of aromatic nitrogens is 5. The minimum absolute atomic E-state index is 0.168. The number of rotatable bonds is 5. The van der Waals surface area contributed by atoms with Gasteiger partial charge in [-0.25, -0.2) is 4.98 Å². The Morgan fingerprint density at radius 3 is 2.76 bits per heavy atom. The van der Waals surface area contributed by atoms with Crippen LogP contribution in [0, 0.1) is 11.3 Å². The number of amides is 1. The Kier molecular flexibility index (Phi) is 4.91. The monoisotopic (exact) mass is 450 g/mol. The van der Waals surface area contributed by atoms with E-state index in [1.165, 1.54) is 12.8 Å². The minimum Gasteiger partial charge on any atom is -0.350 e. The first-order valence-electron chi connectivity index (χ1n) is 11.4. The average molecular weight is 451 g/mol. The molecule has 1 amide bonds. The fourth-order valence-electron chi connectivity index (χ4n) is 4.88. The van der Waals surface area contributed by atoms with Crippen LogP contribution in [0.25, 0.3) is 11.0 Å². The molecule has 6 rings (SSSR count). The summed E-state index contributed by atoms with van der Waals surface area (Å²) in [5.41, 5.74) is 4.15. The first-order valence-corrected chi connectivity index (χ1v) is 11.4. The maximum atomic E-state index is 13.1. The molecule has 2 aliphatic rings. The first-order chi connectivity index (χ1) is 16.7. The van der Waals surface area contributed by atoms with Crippen molar-refractivity contribution in [3.63, 3.8) is 0 Å². The lowest BCUT2D eigenvalue weighted by atomic mass is 9.94. The molecular formula is C25H22N8O. The zero-order valence-corrected chi connectivity index (χ0v) is 18.4. The van der Waals surface area contributed by atoms with Crippen LogP contribution in [0.1, 0.15) is 60.0 Å². The number of nitrogens with zero attached hydrogens (tertiary/aromatic N) is 6. The summed E-state index contributed by atoms with van der Waals surface area (Å²) in [6.07, 6.45) is 10.0. The molecule has 1 aliphatic carbocycles. The summed E-state index contributed by atoms with van der Waals surface area (Å²) in [4.78, 5) is 26.7. The van der Waals surface area contributed by atoms with Gasteiger partial charge in [-0.1, -0.05) is 12.8 Å². The number of fused-ring (bicyclic) bond motifs is 2. The summed E-state index contributed by atoms with van der Waals surface area (Å²) in [5.74, 6) is -0.399. The van der Waals surface area contributed by atoms with E-state index >= 15 is 0 Å². The summed E-state index contributed by atoms with van der Waals surface area (Å²) in [5, 5.41) is 21.2. The van der Waals surface area contributed by atoms with Gasteiger partial charge in [0.2, 0.25) is 11.9 Å². The first kappa shape index (κ1) is 20.3. The Morgan fingerprint density at radius 2 is 1.97 bits per heavy atom. The second-order valence-electron chi connectivity index (χ2n) is 8.76. The van der Waals surface area contributed by atoms with Gasteiger partial charge in [-0.2, -0.15) is 15.3 Å². The molecular weight excluding hydrogens is 428 g/mol. The van der Waals surface area contributed by atoms with E-state index in [9.17, 15) is 10.1 Å². The highest BCUT2D eigenvalue weighted by atomic mass is 16.2. The molecule has 9 nitrogen and oxygen atoms in total. The van der Waals surface area contributed by atoms with E-state index in [0.29, 0.717) is 41.1 Å². The van der Waals surface area contributed by atoms with Crippen LogP contribution in [-0.4, -0.2) is 30.6 Å². The molecule has 34 heavy (non-hydrogen) atoms. The van der Waals surface area contributed by atoms with Crippen LogP contribution in [0.3, 0.4) is 0 Å². The molecule has 1 saturated carbocycles. The lowest BCUT2D eigenvalue weighted by Gasteiger charge is -2.12. The van der Waals surface area contributed by atoms with Crippen LogP contribution in [0.4, 0.5) is 11.6 Å². The van der Waals surface area contributed by atoms with Crippen LogP contribution in [-0.2, 0) is 11.3 Å². The zero-order chi connectivity index (χ0) is 23.1. The van der Waals surface area contributed by atoms with Crippen molar-refractivity contribution >= 4 is 28.6 Å². The Hall–Kier alpha value is -4.32. The van der Waals surface area contributed by atoms with Gasteiger partial charge < -0.3 is 10.6 Å². The molecule has 168 valence electrons. The van der Waals surface area contributed by atoms with Crippen molar-refractivity contribution in [1.82, 2.24) is 24.7 Å². The third-order valence-corrected chi connectivity index (χ3v) is 6.61. The number of pyridine rings is 1. The standard InChI is InChI=1S/C25H22N8O/c26-12-16-5-6-20-18(11-16)21(24(34)29-20)22-19-14-33(17-3-1-2-4-17)32-23(19)31-25(30-22)28-13-15-7-9-27-10-8-15/h5-11,14,17,21H,1-4,13H2,(H,29,34)(H,28,31,32). The van der Waals surface area contributed by atoms with Gasteiger partial charge in [-0.05, 0) is 54.3 Å². The predicted octanol–water partition coefficient (Wildman–Crippen LogP) is 3.90. The summed E-state index contributed by atoms with van der Waals surface area (Å²) in [7, 11) is 0. The minimum atomic E-state index is -0.642. The highest BCUT2D eigenvalue weighted by Gasteiger charge is 2.36. The van der Waals surface area contributed by atoms with Crippen LogP contribution >= 0.6 is 0 Å². The summed E-state index contributed by atoms with van der Waals surface area (Å²) < 4.78 is 1.99. The maximum Gasteiger partial charge on any atom is 0.238 e. The van der Waals surface area contributed by atoms with Crippen molar-refractivity contribution in [2.45, 2.75) is 44.2 Å². The summed E-state index contributed by atoms with van der Waals surface area (Å²) in [6, 6.07) is 11.6. The van der Waals surface area contributed by atoms with Gasteiger partial charge >= 0.3 is 0 Å². The van der Waals surface area contributed by atoms with Crippen molar-refractivity contribution in [1.29, 1.82) is 5.26 Å². The van der Waals surface area contributed by atoms with E-state index in [2.05, 4.69) is 26.7 Å². The molecule has 1 aromatic carbocycles. The van der Waals surface area contributed by atoms with Gasteiger partial charge in [0.15, 0.2) is 5.65 Å². The Labute approximate surface area is 195 Å². The number of anilines is 2. The fourth-order valence-corrected chi connectivity index (χ4v) is 4.88. The van der Waals surface area contributed by atoms with Gasteiger partial charge in [0.05, 0.1) is 28.8 Å². The topological polar surface area (TPSA) is 121 Å². The smallest absolute Gasteiger partial charge is 0.238 e. The van der Waals surface area contributed by atoms with E-state index < -0.39 is 5.92 Å². The molecule has 1 fully saturated rings. The lowest BCUT2D eigenvalue weighted by Crippen LogP contribution is -2.16. The fraction of sp³-hybridized carbons (Fsp3) is 0.280. The highest BCUT2D eigenvalue weighted by molar-refractivity contribution is 6.06. The summed E-state index contributed by atoms with van der Waals surface area (Å²) in [6.45, 7) is 0.517. The number of nitrogens with one attached hydrogen (secondary N) is 2. The van der Waals surface area contributed by atoms with Crippen molar-refractivity contribution in [2.75, 3.05) is 10.6 Å². The lowest BCUT2D eigenvalue weighted by molar-refractivity contribution is -0.116. The van der Waals surface area contributed by atoms with E-state index in [-0.39, 0.29) is 5.91 Å². The van der Waals surface area contributed by atoms with Gasteiger partial charge in [-0.15, -0.1) is 0 Å². The molecule has 1 atom stereocenters. The molecule has 0 saturated heterocycles. The van der Waals surface area contributed by atoms with E-state index in [4.69, 9.17) is 10.1 Å². The molecule has 0 radical (unpaired) electrons. The SMILES string of the molecule is N#Cc1ccc2c(c1)C(c1nc(NCc3ccncc3)nc3nn(C4CCCC4)cc13)C(=O)N2. The number of hydrogen-bond acceptors (Lipinski definition) is 7. The quantitative estimate of drug-likeness (QED) is 0.473. The Morgan fingerprint density at radius 1 is 1.15 bits per heavy atom. The number of benzene rings is 1. The highest BCUT2D eigenvalue weighted by Crippen LogP contribution is 2.40. The molecule has 0 bridgehead atoms. The Balaban J connectivity index is 1.46. The van der Waals surface area contributed by atoms with Crippen molar-refractivity contribution in [3.8, 4) is 6.07 Å². The van der Waals surface area contributed by atoms with Gasteiger partial charge in [0, 0.05) is 30.8 Å². The van der Waals surface area contributed by atoms with Crippen molar-refractivity contribution in [2.24, 2.45) is 0 Å². The van der Waals surface area contributed by atoms with Crippen LogP contribution in [0.2, 0.25) is 0 Å². The van der Waals surface area contributed by atoms with E-state index in [1.54, 1.807) is 30.6 Å². The van der Waals surface area contributed by atoms with Gasteiger partial charge in [0.1, 0.15) is 5.92 Å². The number of hydrogen-bond donors (Lipinski definition) is 2. The van der Waals surface area contributed by atoms with Crippen LogP contribution in [0.15, 0.2) is 48.9 Å². The molecule has 0 spiro atoms. The van der Waals surface area contributed by atoms with Crippen LogP contribution < -0.4 is 10.6 Å². The molecule has 4 aromatic rings. The Bertz CT molecular complexity index is 1430. The maximum absolute atomic E-state index is 13.1. The molecule has 2 N–H and O–H groups in total. The molecule has 3 aromatic heterocycles. The predicted molar refractivity (Wildman–Crippen MR) is 126 cm³/mol. The molecule has 1 unspecified atom stereocenters. The number of carbonyl (C=O) groups excluding carboxylic acids is 1. The van der Waals surface area contributed by atoms with Crippen molar-refractivity contribution in [3.05, 3.63) is 71.3 Å². The second kappa shape index (κ2) is 8.23. The molecule has 1 aliphatic heterocycles. The van der Waals surface area contributed by atoms with E-state index in [1.807, 2.05) is 23.0 Å². The average Bonchev–Trinajstić information content (AvgIpc) is 3.60. The van der Waals surface area contributed by atoms with Crippen molar-refractivity contribution < 1.29 is 4.79 Å². The number of carbonyl (C=O) groups is 1. The van der Waals surface area contributed by atoms with Gasteiger partial charge in [0.25, 0.3) is 0 Å².